The lowest BCUT2D eigenvalue weighted by molar-refractivity contribution is 0.0994. The van der Waals surface area contributed by atoms with Crippen molar-refractivity contribution in [3.63, 3.8) is 0 Å². The molecule has 0 radical (unpaired) electrons. The predicted octanol–water partition coefficient (Wildman–Crippen LogP) is 2.04. The van der Waals surface area contributed by atoms with Gasteiger partial charge >= 0.3 is 0 Å². The highest BCUT2D eigenvalue weighted by molar-refractivity contribution is 5.98. The number of carbonyl (C=O) groups excluding carboxylic acids is 1. The Morgan fingerprint density at radius 2 is 2.27 bits per heavy atom. The van der Waals surface area contributed by atoms with Gasteiger partial charge in [-0.2, -0.15) is 0 Å². The minimum Gasteiger partial charge on any atom is -0.440 e. The van der Waals surface area contributed by atoms with Gasteiger partial charge in [0.1, 0.15) is 11.4 Å². The molecule has 0 aromatic carbocycles. The number of fused-ring (bicyclic) bond motifs is 1. The summed E-state index contributed by atoms with van der Waals surface area (Å²) < 4.78 is 5.72. The van der Waals surface area contributed by atoms with E-state index in [-0.39, 0.29) is 11.7 Å². The number of primary amides is 1. The quantitative estimate of drug-likeness (QED) is 0.569. The van der Waals surface area contributed by atoms with E-state index in [1.807, 2.05) is 12.3 Å². The van der Waals surface area contributed by atoms with Gasteiger partial charge in [-0.1, -0.05) is 6.92 Å². The number of amides is 1. The summed E-state index contributed by atoms with van der Waals surface area (Å²) in [5.41, 5.74) is 7.92. The predicted molar refractivity (Wildman–Crippen MR) is 98.9 cm³/mol. The first-order chi connectivity index (χ1) is 12.5. The van der Waals surface area contributed by atoms with E-state index in [9.17, 15) is 4.79 Å². The number of hydrogen-bond acceptors (Lipinski definition) is 6. The molecule has 0 bridgehead atoms. The number of anilines is 1. The van der Waals surface area contributed by atoms with Gasteiger partial charge in [-0.3, -0.25) is 4.79 Å². The van der Waals surface area contributed by atoms with Crippen LogP contribution in [0, 0.1) is 12.8 Å². The molecule has 26 heavy (non-hydrogen) atoms. The number of nitrogens with zero attached hydrogens (tertiary/aromatic N) is 2. The van der Waals surface area contributed by atoms with Crippen LogP contribution in [0.2, 0.25) is 0 Å². The summed E-state index contributed by atoms with van der Waals surface area (Å²) in [6.07, 6.45) is 4.62. The molecule has 1 aliphatic rings. The SMILES string of the molecule is Cc1oc(-c2cnc3[nH]ccc3c2N[C@H]2CNC[C@@H](C)C2)nc1C(N)=O. The van der Waals surface area contributed by atoms with Gasteiger partial charge < -0.3 is 25.8 Å². The number of aromatic nitrogens is 3. The Morgan fingerprint density at radius 3 is 3.00 bits per heavy atom. The molecule has 1 amide bonds. The molecule has 1 aliphatic heterocycles. The third-order valence-electron chi connectivity index (χ3n) is 4.77. The summed E-state index contributed by atoms with van der Waals surface area (Å²) in [4.78, 5) is 23.4. The molecule has 0 unspecified atom stereocenters. The molecule has 0 spiro atoms. The first kappa shape index (κ1) is 16.6. The Kier molecular flexibility index (Phi) is 4.12. The van der Waals surface area contributed by atoms with Crippen LogP contribution in [0.25, 0.3) is 22.5 Å². The molecule has 5 N–H and O–H groups in total. The number of carbonyl (C=O) groups is 1. The average Bonchev–Trinajstić information content (AvgIpc) is 3.21. The van der Waals surface area contributed by atoms with Crippen molar-refractivity contribution in [3.8, 4) is 11.5 Å². The molecule has 4 heterocycles. The first-order valence-corrected chi connectivity index (χ1v) is 8.74. The van der Waals surface area contributed by atoms with E-state index in [4.69, 9.17) is 10.2 Å². The number of pyridine rings is 1. The number of nitrogens with one attached hydrogen (secondary N) is 3. The smallest absolute Gasteiger partial charge is 0.270 e. The fourth-order valence-corrected chi connectivity index (χ4v) is 3.54. The van der Waals surface area contributed by atoms with E-state index in [0.29, 0.717) is 23.1 Å². The molecule has 3 aromatic heterocycles. The second-order valence-electron chi connectivity index (χ2n) is 6.92. The second-order valence-corrected chi connectivity index (χ2v) is 6.92. The monoisotopic (exact) mass is 354 g/mol. The zero-order valence-corrected chi connectivity index (χ0v) is 14.8. The number of rotatable bonds is 4. The van der Waals surface area contributed by atoms with E-state index in [0.717, 1.165) is 36.2 Å². The summed E-state index contributed by atoms with van der Waals surface area (Å²) >= 11 is 0. The molecule has 2 atom stereocenters. The molecule has 1 fully saturated rings. The highest BCUT2D eigenvalue weighted by atomic mass is 16.4. The molecule has 0 saturated carbocycles. The van der Waals surface area contributed by atoms with Crippen molar-refractivity contribution in [2.45, 2.75) is 26.3 Å². The number of piperidine rings is 1. The van der Waals surface area contributed by atoms with Gasteiger partial charge in [0.25, 0.3) is 5.91 Å². The molecule has 1 saturated heterocycles. The number of aryl methyl sites for hydroxylation is 1. The molecule has 0 aliphatic carbocycles. The van der Waals surface area contributed by atoms with Crippen LogP contribution >= 0.6 is 0 Å². The zero-order valence-electron chi connectivity index (χ0n) is 14.8. The minimum atomic E-state index is -0.604. The van der Waals surface area contributed by atoms with Crippen LogP contribution in [0.4, 0.5) is 5.69 Å². The summed E-state index contributed by atoms with van der Waals surface area (Å²) in [6, 6.07) is 2.25. The summed E-state index contributed by atoms with van der Waals surface area (Å²) in [7, 11) is 0. The first-order valence-electron chi connectivity index (χ1n) is 8.74. The van der Waals surface area contributed by atoms with Crippen molar-refractivity contribution in [2.75, 3.05) is 18.4 Å². The number of aromatic amines is 1. The second kappa shape index (κ2) is 6.45. The van der Waals surface area contributed by atoms with Crippen LogP contribution in [-0.2, 0) is 0 Å². The maximum atomic E-state index is 11.5. The fourth-order valence-electron chi connectivity index (χ4n) is 3.54. The van der Waals surface area contributed by atoms with Crippen molar-refractivity contribution < 1.29 is 9.21 Å². The van der Waals surface area contributed by atoms with Gasteiger partial charge in [0.15, 0.2) is 5.69 Å². The van der Waals surface area contributed by atoms with Gasteiger partial charge in [0.05, 0.1) is 11.3 Å². The summed E-state index contributed by atoms with van der Waals surface area (Å²) in [5.74, 6) is 0.735. The maximum Gasteiger partial charge on any atom is 0.270 e. The minimum absolute atomic E-state index is 0.146. The maximum absolute atomic E-state index is 11.5. The molecule has 4 rings (SSSR count). The highest BCUT2D eigenvalue weighted by Gasteiger charge is 2.24. The van der Waals surface area contributed by atoms with E-state index in [1.165, 1.54) is 0 Å². The van der Waals surface area contributed by atoms with Gasteiger partial charge in [0.2, 0.25) is 5.89 Å². The molecular weight excluding hydrogens is 332 g/mol. The Hall–Kier alpha value is -2.87. The van der Waals surface area contributed by atoms with Crippen molar-refractivity contribution in [3.05, 3.63) is 29.9 Å². The van der Waals surface area contributed by atoms with Gasteiger partial charge in [-0.25, -0.2) is 9.97 Å². The van der Waals surface area contributed by atoms with Crippen LogP contribution in [0.1, 0.15) is 29.6 Å². The lowest BCUT2D eigenvalue weighted by atomic mass is 9.97. The average molecular weight is 354 g/mol. The van der Waals surface area contributed by atoms with Gasteiger partial charge in [-0.15, -0.1) is 0 Å². The van der Waals surface area contributed by atoms with E-state index < -0.39 is 5.91 Å². The highest BCUT2D eigenvalue weighted by Crippen LogP contribution is 2.35. The standard InChI is InChI=1S/C18H22N6O2/c1-9-5-11(7-20-6-9)23-15-12-3-4-21-17(12)22-8-13(15)18-24-14(16(19)25)10(2)26-18/h3-4,8-9,11,20H,5-7H2,1-2H3,(H2,19,25)(H2,21,22,23)/t9-,11+/m0/s1. The van der Waals surface area contributed by atoms with Crippen LogP contribution in [0.15, 0.2) is 22.9 Å². The molecular formula is C18H22N6O2. The van der Waals surface area contributed by atoms with Crippen molar-refractivity contribution in [1.29, 1.82) is 0 Å². The Labute approximate surface area is 150 Å². The van der Waals surface area contributed by atoms with Crippen molar-refractivity contribution in [1.82, 2.24) is 20.3 Å². The van der Waals surface area contributed by atoms with Crippen LogP contribution in [0.3, 0.4) is 0 Å². The Balaban J connectivity index is 1.79. The molecule has 8 nitrogen and oxygen atoms in total. The third kappa shape index (κ3) is 2.92. The topological polar surface area (TPSA) is 122 Å². The number of nitrogens with two attached hydrogens (primary N) is 1. The normalized spacial score (nSPS) is 20.4. The Bertz CT molecular complexity index is 960. The van der Waals surface area contributed by atoms with Crippen LogP contribution in [-0.4, -0.2) is 40.0 Å². The summed E-state index contributed by atoms with van der Waals surface area (Å²) in [6.45, 7) is 5.83. The van der Waals surface area contributed by atoms with Gasteiger partial charge in [0, 0.05) is 30.4 Å². The number of H-pyrrole nitrogens is 1. The molecule has 136 valence electrons. The van der Waals surface area contributed by atoms with Crippen LogP contribution in [0.5, 0.6) is 0 Å². The molecule has 8 heteroatoms. The number of hydrogen-bond donors (Lipinski definition) is 4. The molecule has 3 aromatic rings. The van der Waals surface area contributed by atoms with Crippen molar-refractivity contribution >= 4 is 22.6 Å². The lowest BCUT2D eigenvalue weighted by Crippen LogP contribution is -2.42. The lowest BCUT2D eigenvalue weighted by Gasteiger charge is -2.30. The Morgan fingerprint density at radius 1 is 1.42 bits per heavy atom. The van der Waals surface area contributed by atoms with Crippen LogP contribution < -0.4 is 16.4 Å². The largest absolute Gasteiger partial charge is 0.440 e. The number of oxazole rings is 1. The zero-order chi connectivity index (χ0) is 18.3. The van der Waals surface area contributed by atoms with Gasteiger partial charge in [-0.05, 0) is 31.9 Å². The fraction of sp³-hybridized carbons (Fsp3) is 0.389. The van der Waals surface area contributed by atoms with E-state index in [2.05, 4.69) is 32.5 Å². The van der Waals surface area contributed by atoms with E-state index >= 15 is 0 Å². The third-order valence-corrected chi connectivity index (χ3v) is 4.77. The summed E-state index contributed by atoms with van der Waals surface area (Å²) in [5, 5.41) is 8.03. The van der Waals surface area contributed by atoms with E-state index in [1.54, 1.807) is 13.1 Å². The van der Waals surface area contributed by atoms with Crippen molar-refractivity contribution in [2.24, 2.45) is 11.7 Å².